The summed E-state index contributed by atoms with van der Waals surface area (Å²) < 4.78 is 13.9. The first-order chi connectivity index (χ1) is 5.78. The maximum Gasteiger partial charge on any atom is 0.470 e. The fourth-order valence-electron chi connectivity index (χ4n) is 0.524. The summed E-state index contributed by atoms with van der Waals surface area (Å²) in [5, 5.41) is 25.4. The van der Waals surface area contributed by atoms with Crippen LogP contribution in [0.25, 0.3) is 0 Å². The van der Waals surface area contributed by atoms with E-state index in [0.717, 1.165) is 0 Å². The lowest BCUT2D eigenvalue weighted by atomic mass is 10.2. The van der Waals surface area contributed by atoms with E-state index in [0.29, 0.717) is 0 Å². The van der Waals surface area contributed by atoms with E-state index < -0.39 is 32.6 Å². The van der Waals surface area contributed by atoms with Crippen molar-refractivity contribution in [1.82, 2.24) is 0 Å². The van der Waals surface area contributed by atoms with Crippen LogP contribution in [0.1, 0.15) is 0 Å². The van der Waals surface area contributed by atoms with Crippen molar-refractivity contribution in [2.45, 2.75) is 12.2 Å². The Bertz CT molecular complexity index is 220. The zero-order valence-corrected chi connectivity index (χ0v) is 7.16. The predicted molar refractivity (Wildman–Crippen MR) is 37.6 cm³/mol. The molecule has 0 saturated heterocycles. The van der Waals surface area contributed by atoms with Gasteiger partial charge in [-0.2, -0.15) is 0 Å². The molecule has 0 aliphatic heterocycles. The average Bonchev–Trinajstić information content (AvgIpc) is 1.96. The number of aliphatic carboxylic acids is 1. The highest BCUT2D eigenvalue weighted by atomic mass is 31.2. The summed E-state index contributed by atoms with van der Waals surface area (Å²) in [6, 6.07) is 0. The number of carboxylic acids is 1. The van der Waals surface area contributed by atoms with Crippen LogP contribution in [-0.4, -0.2) is 49.9 Å². The Morgan fingerprint density at radius 2 is 1.92 bits per heavy atom. The number of carboxylic acid groups (broad SMARTS) is 1. The number of phosphoric ester groups is 1. The van der Waals surface area contributed by atoms with Gasteiger partial charge in [-0.1, -0.05) is 0 Å². The molecule has 0 fully saturated rings. The zero-order valence-electron chi connectivity index (χ0n) is 6.27. The van der Waals surface area contributed by atoms with Gasteiger partial charge in [0.05, 0.1) is 6.61 Å². The number of rotatable bonds is 5. The second-order valence-electron chi connectivity index (χ2n) is 2.10. The van der Waals surface area contributed by atoms with E-state index in [1.165, 1.54) is 0 Å². The van der Waals surface area contributed by atoms with Gasteiger partial charge in [-0.15, -0.1) is 0 Å². The lowest BCUT2D eigenvalue weighted by Crippen LogP contribution is -2.38. The monoisotopic (exact) mass is 216 g/mol. The number of aliphatic hydroxyl groups excluding tert-OH is 2. The van der Waals surface area contributed by atoms with Crippen LogP contribution in [0.15, 0.2) is 0 Å². The van der Waals surface area contributed by atoms with Crippen LogP contribution in [0, 0.1) is 0 Å². The van der Waals surface area contributed by atoms with Crippen molar-refractivity contribution in [2.24, 2.45) is 0 Å². The minimum Gasteiger partial charge on any atom is -0.479 e. The molecule has 0 radical (unpaired) electrons. The van der Waals surface area contributed by atoms with Gasteiger partial charge in [-0.25, -0.2) is 9.36 Å². The minimum atomic E-state index is -4.99. The van der Waals surface area contributed by atoms with Crippen molar-refractivity contribution < 1.29 is 39.0 Å². The highest BCUT2D eigenvalue weighted by Gasteiger charge is 2.33. The van der Waals surface area contributed by atoms with Crippen molar-refractivity contribution in [3.63, 3.8) is 0 Å². The summed E-state index contributed by atoms with van der Waals surface area (Å²) in [4.78, 5) is 26.7. The maximum atomic E-state index is 10.2. The van der Waals surface area contributed by atoms with E-state index in [1.54, 1.807) is 0 Å². The second-order valence-corrected chi connectivity index (χ2v) is 3.30. The molecule has 0 aromatic heterocycles. The van der Waals surface area contributed by atoms with E-state index in [4.69, 9.17) is 25.1 Å². The Balaban J connectivity index is 4.45. The molecule has 0 unspecified atom stereocenters. The standard InChI is InChI=1S/C4H9O8P/c5-1-2(6)3(4(7)8)12-13(9,10)11/h2-3,5-6H,1H2,(H,7,8)(H2,9,10,11)/t2-,3-/m1/s1. The van der Waals surface area contributed by atoms with Crippen LogP contribution in [-0.2, 0) is 13.9 Å². The normalized spacial score (nSPS) is 16.6. The Hall–Kier alpha value is -0.500. The molecule has 0 rings (SSSR count). The largest absolute Gasteiger partial charge is 0.479 e. The quantitative estimate of drug-likeness (QED) is 0.328. The van der Waals surface area contributed by atoms with Crippen LogP contribution < -0.4 is 0 Å². The van der Waals surface area contributed by atoms with Crippen molar-refractivity contribution in [3.8, 4) is 0 Å². The summed E-state index contributed by atoms with van der Waals surface area (Å²) >= 11 is 0. The van der Waals surface area contributed by atoms with Gasteiger partial charge >= 0.3 is 13.8 Å². The Kier molecular flexibility index (Phi) is 4.48. The van der Waals surface area contributed by atoms with Gasteiger partial charge in [-0.05, 0) is 0 Å². The third-order valence-corrected chi connectivity index (χ3v) is 1.53. The Morgan fingerprint density at radius 1 is 1.46 bits per heavy atom. The first-order valence-electron chi connectivity index (χ1n) is 3.03. The highest BCUT2D eigenvalue weighted by Crippen LogP contribution is 2.38. The van der Waals surface area contributed by atoms with E-state index in [2.05, 4.69) is 4.52 Å². The van der Waals surface area contributed by atoms with Gasteiger partial charge in [0.1, 0.15) is 6.10 Å². The summed E-state index contributed by atoms with van der Waals surface area (Å²) in [6.45, 7) is -0.975. The minimum absolute atomic E-state index is 0.975. The molecule has 8 nitrogen and oxygen atoms in total. The maximum absolute atomic E-state index is 10.2. The van der Waals surface area contributed by atoms with Gasteiger partial charge in [0.15, 0.2) is 6.10 Å². The number of aliphatic hydroxyl groups is 2. The molecule has 13 heavy (non-hydrogen) atoms. The first-order valence-corrected chi connectivity index (χ1v) is 4.56. The van der Waals surface area contributed by atoms with Gasteiger partial charge < -0.3 is 25.1 Å². The molecule has 9 heteroatoms. The van der Waals surface area contributed by atoms with Gasteiger partial charge in [0.25, 0.3) is 0 Å². The number of carbonyl (C=O) groups is 1. The topological polar surface area (TPSA) is 145 Å². The Morgan fingerprint density at radius 3 is 2.15 bits per heavy atom. The number of hydrogen-bond acceptors (Lipinski definition) is 5. The number of phosphoric acid groups is 1. The molecule has 0 heterocycles. The van der Waals surface area contributed by atoms with Crippen LogP contribution in [0.3, 0.4) is 0 Å². The summed E-state index contributed by atoms with van der Waals surface area (Å²) in [7, 11) is -4.99. The summed E-state index contributed by atoms with van der Waals surface area (Å²) in [6.07, 6.45) is -4.03. The van der Waals surface area contributed by atoms with Gasteiger partial charge in [0, 0.05) is 0 Å². The van der Waals surface area contributed by atoms with Crippen LogP contribution in [0.5, 0.6) is 0 Å². The lowest BCUT2D eigenvalue weighted by molar-refractivity contribution is -0.153. The fourth-order valence-corrected chi connectivity index (χ4v) is 1.05. The SMILES string of the molecule is O=C(O)[C@H](OP(=O)(O)O)[C@H](O)CO. The van der Waals surface area contributed by atoms with Crippen molar-refractivity contribution in [1.29, 1.82) is 0 Å². The molecule has 5 N–H and O–H groups in total. The van der Waals surface area contributed by atoms with Crippen molar-refractivity contribution >= 4 is 13.8 Å². The second kappa shape index (κ2) is 4.66. The molecular formula is C4H9O8P. The van der Waals surface area contributed by atoms with E-state index in [1.807, 2.05) is 0 Å². The first kappa shape index (κ1) is 12.5. The molecule has 78 valence electrons. The van der Waals surface area contributed by atoms with E-state index in [9.17, 15) is 9.36 Å². The van der Waals surface area contributed by atoms with Crippen LogP contribution >= 0.6 is 7.82 Å². The highest BCUT2D eigenvalue weighted by molar-refractivity contribution is 7.46. The van der Waals surface area contributed by atoms with Crippen LogP contribution in [0.4, 0.5) is 0 Å². The van der Waals surface area contributed by atoms with Crippen molar-refractivity contribution in [3.05, 3.63) is 0 Å². The predicted octanol–water partition coefficient (Wildman–Crippen LogP) is -2.10. The molecule has 0 spiro atoms. The summed E-state index contributed by atoms with van der Waals surface area (Å²) in [5.74, 6) is -1.77. The molecule has 0 aromatic carbocycles. The average molecular weight is 216 g/mol. The van der Waals surface area contributed by atoms with Gasteiger partial charge in [-0.3, -0.25) is 4.52 Å². The third-order valence-electron chi connectivity index (χ3n) is 1.03. The molecule has 2 atom stereocenters. The molecule has 0 bridgehead atoms. The van der Waals surface area contributed by atoms with E-state index in [-0.39, 0.29) is 0 Å². The zero-order chi connectivity index (χ0) is 10.6. The van der Waals surface area contributed by atoms with E-state index >= 15 is 0 Å². The van der Waals surface area contributed by atoms with Crippen molar-refractivity contribution in [2.75, 3.05) is 6.61 Å². The molecule has 0 amide bonds. The molecular weight excluding hydrogens is 207 g/mol. The molecule has 0 aliphatic carbocycles. The Labute approximate surface area is 72.6 Å². The molecule has 0 saturated carbocycles. The van der Waals surface area contributed by atoms with Crippen LogP contribution in [0.2, 0.25) is 0 Å². The molecule has 0 aromatic rings. The smallest absolute Gasteiger partial charge is 0.470 e. The lowest BCUT2D eigenvalue weighted by Gasteiger charge is -2.17. The summed E-state index contributed by atoms with van der Waals surface area (Å²) in [5.41, 5.74) is 0. The third kappa shape index (κ3) is 4.94. The number of hydrogen-bond donors (Lipinski definition) is 5. The molecule has 0 aliphatic rings. The van der Waals surface area contributed by atoms with Gasteiger partial charge in [0.2, 0.25) is 0 Å². The fraction of sp³-hybridized carbons (Fsp3) is 0.750.